The lowest BCUT2D eigenvalue weighted by Crippen LogP contribution is -2.14. The zero-order valence-electron chi connectivity index (χ0n) is 9.26. The molecule has 0 amide bonds. The highest BCUT2D eigenvalue weighted by Gasteiger charge is 2.26. The molecule has 1 heterocycles. The van der Waals surface area contributed by atoms with Gasteiger partial charge in [-0.25, -0.2) is 0 Å². The molecule has 0 aliphatic rings. The molecule has 6 heteroatoms. The first-order valence-electron chi connectivity index (χ1n) is 5.30. The maximum Gasteiger partial charge on any atom is 0.390 e. The molecule has 0 spiro atoms. The number of hydrogen-bond acceptors (Lipinski definition) is 2. The predicted molar refractivity (Wildman–Crippen MR) is 68.6 cm³/mol. The van der Waals surface area contributed by atoms with Crippen molar-refractivity contribution in [2.45, 2.75) is 12.6 Å². The molecule has 0 unspecified atom stereocenters. The Labute approximate surface area is 110 Å². The third-order valence-electron chi connectivity index (χ3n) is 2.40. The molecule has 0 aliphatic carbocycles. The normalized spacial score (nSPS) is 11.8. The Hall–Kier alpha value is -1.30. The van der Waals surface area contributed by atoms with E-state index in [0.717, 1.165) is 9.86 Å². The van der Waals surface area contributed by atoms with E-state index in [1.165, 1.54) is 0 Å². The Morgan fingerprint density at radius 3 is 2.78 bits per heavy atom. The van der Waals surface area contributed by atoms with Crippen molar-refractivity contribution < 1.29 is 13.2 Å². The van der Waals surface area contributed by atoms with Crippen LogP contribution in [0.1, 0.15) is 6.42 Å². The Kier molecular flexibility index (Phi) is 3.75. The minimum atomic E-state index is -4.14. The SMILES string of the molecule is FC(F)(F)CCNc1cccc2cc(Br)cnc12. The number of nitrogens with zero attached hydrogens (tertiary/aromatic N) is 1. The van der Waals surface area contributed by atoms with Crippen LogP contribution in [-0.2, 0) is 0 Å². The third-order valence-corrected chi connectivity index (χ3v) is 2.84. The summed E-state index contributed by atoms with van der Waals surface area (Å²) >= 11 is 3.30. The summed E-state index contributed by atoms with van der Waals surface area (Å²) in [4.78, 5) is 4.21. The van der Waals surface area contributed by atoms with Crippen molar-refractivity contribution in [1.29, 1.82) is 0 Å². The quantitative estimate of drug-likeness (QED) is 0.909. The third kappa shape index (κ3) is 3.35. The lowest BCUT2D eigenvalue weighted by Gasteiger charge is -2.10. The van der Waals surface area contributed by atoms with Gasteiger partial charge in [-0.1, -0.05) is 12.1 Å². The van der Waals surface area contributed by atoms with Gasteiger partial charge in [0.25, 0.3) is 0 Å². The van der Waals surface area contributed by atoms with Crippen LogP contribution in [0.2, 0.25) is 0 Å². The number of pyridine rings is 1. The number of benzene rings is 1. The molecule has 0 radical (unpaired) electrons. The number of rotatable bonds is 3. The molecule has 96 valence electrons. The van der Waals surface area contributed by atoms with E-state index in [4.69, 9.17) is 0 Å². The molecular weight excluding hydrogens is 309 g/mol. The van der Waals surface area contributed by atoms with Gasteiger partial charge in [0.05, 0.1) is 17.6 Å². The van der Waals surface area contributed by atoms with Gasteiger partial charge in [0.2, 0.25) is 0 Å². The summed E-state index contributed by atoms with van der Waals surface area (Å²) < 4.78 is 37.0. The van der Waals surface area contributed by atoms with Crippen LogP contribution in [0.4, 0.5) is 18.9 Å². The summed E-state index contributed by atoms with van der Waals surface area (Å²) in [6.07, 6.45) is -3.38. The molecule has 1 aromatic carbocycles. The molecule has 1 N–H and O–H groups in total. The van der Waals surface area contributed by atoms with Crippen molar-refractivity contribution in [1.82, 2.24) is 4.98 Å². The lowest BCUT2D eigenvalue weighted by atomic mass is 10.2. The highest BCUT2D eigenvalue weighted by molar-refractivity contribution is 9.10. The van der Waals surface area contributed by atoms with E-state index in [1.807, 2.05) is 12.1 Å². The molecule has 0 aliphatic heterocycles. The molecule has 2 aromatic rings. The zero-order chi connectivity index (χ0) is 13.2. The molecule has 0 bridgehead atoms. The maximum atomic E-state index is 12.1. The van der Waals surface area contributed by atoms with E-state index in [9.17, 15) is 13.2 Å². The minimum Gasteiger partial charge on any atom is -0.383 e. The first-order chi connectivity index (χ1) is 8.46. The van der Waals surface area contributed by atoms with Crippen molar-refractivity contribution in [3.05, 3.63) is 34.9 Å². The molecule has 18 heavy (non-hydrogen) atoms. The smallest absolute Gasteiger partial charge is 0.383 e. The first-order valence-corrected chi connectivity index (χ1v) is 6.10. The lowest BCUT2D eigenvalue weighted by molar-refractivity contribution is -0.131. The van der Waals surface area contributed by atoms with Crippen molar-refractivity contribution in [3.63, 3.8) is 0 Å². The van der Waals surface area contributed by atoms with Gasteiger partial charge in [0, 0.05) is 22.6 Å². The van der Waals surface area contributed by atoms with Crippen LogP contribution in [0.5, 0.6) is 0 Å². The van der Waals surface area contributed by atoms with Crippen molar-refractivity contribution in [2.24, 2.45) is 0 Å². The zero-order valence-corrected chi connectivity index (χ0v) is 10.8. The molecule has 0 fully saturated rings. The van der Waals surface area contributed by atoms with E-state index in [-0.39, 0.29) is 6.54 Å². The molecule has 0 atom stereocenters. The van der Waals surface area contributed by atoms with E-state index in [2.05, 4.69) is 26.2 Å². The summed E-state index contributed by atoms with van der Waals surface area (Å²) in [7, 11) is 0. The van der Waals surface area contributed by atoms with Crippen LogP contribution in [0.15, 0.2) is 34.9 Å². The second kappa shape index (κ2) is 5.14. The number of para-hydroxylation sites is 1. The fourth-order valence-corrected chi connectivity index (χ4v) is 1.96. The minimum absolute atomic E-state index is 0.152. The van der Waals surface area contributed by atoms with Gasteiger partial charge in [0.15, 0.2) is 0 Å². The number of hydrogen-bond donors (Lipinski definition) is 1. The van der Waals surface area contributed by atoms with E-state index < -0.39 is 12.6 Å². The number of halogens is 4. The number of nitrogens with one attached hydrogen (secondary N) is 1. The van der Waals surface area contributed by atoms with Gasteiger partial charge >= 0.3 is 6.18 Å². The van der Waals surface area contributed by atoms with E-state index >= 15 is 0 Å². The Bertz CT molecular complexity index is 555. The standard InChI is InChI=1S/C12H10BrF3N2/c13-9-6-8-2-1-3-10(11(8)18-7-9)17-5-4-12(14,15)16/h1-3,6-7,17H,4-5H2. The summed E-state index contributed by atoms with van der Waals surface area (Å²) in [5.41, 5.74) is 1.28. The Balaban J connectivity index is 2.18. The second-order valence-electron chi connectivity index (χ2n) is 3.82. The van der Waals surface area contributed by atoms with Gasteiger partial charge in [0.1, 0.15) is 0 Å². The van der Waals surface area contributed by atoms with Crippen LogP contribution in [0, 0.1) is 0 Å². The molecule has 2 nitrogen and oxygen atoms in total. The fourth-order valence-electron chi connectivity index (χ4n) is 1.62. The van der Waals surface area contributed by atoms with Gasteiger partial charge in [-0.05, 0) is 28.1 Å². The summed E-state index contributed by atoms with van der Waals surface area (Å²) in [6, 6.07) is 7.24. The average Bonchev–Trinajstić information content (AvgIpc) is 2.27. The highest BCUT2D eigenvalue weighted by atomic mass is 79.9. The number of aromatic nitrogens is 1. The monoisotopic (exact) mass is 318 g/mol. The van der Waals surface area contributed by atoms with Gasteiger partial charge < -0.3 is 5.32 Å². The van der Waals surface area contributed by atoms with Crippen LogP contribution in [-0.4, -0.2) is 17.7 Å². The molecular formula is C12H10BrF3N2. The second-order valence-corrected chi connectivity index (χ2v) is 4.74. The molecule has 2 rings (SSSR count). The number of fused-ring (bicyclic) bond motifs is 1. The summed E-state index contributed by atoms with van der Waals surface area (Å²) in [6.45, 7) is -0.152. The topological polar surface area (TPSA) is 24.9 Å². The average molecular weight is 319 g/mol. The van der Waals surface area contributed by atoms with Crippen LogP contribution >= 0.6 is 15.9 Å². The first kappa shape index (κ1) is 13.1. The largest absolute Gasteiger partial charge is 0.390 e. The number of alkyl halides is 3. The van der Waals surface area contributed by atoms with Crippen molar-refractivity contribution in [2.75, 3.05) is 11.9 Å². The van der Waals surface area contributed by atoms with Gasteiger partial charge in [-0.2, -0.15) is 13.2 Å². The highest BCUT2D eigenvalue weighted by Crippen LogP contribution is 2.25. The predicted octanol–water partition coefficient (Wildman–Crippen LogP) is 4.36. The van der Waals surface area contributed by atoms with Gasteiger partial charge in [-0.15, -0.1) is 0 Å². The Morgan fingerprint density at radius 2 is 2.06 bits per heavy atom. The van der Waals surface area contributed by atoms with Gasteiger partial charge in [-0.3, -0.25) is 4.98 Å². The molecule has 0 saturated heterocycles. The fraction of sp³-hybridized carbons (Fsp3) is 0.250. The number of anilines is 1. The van der Waals surface area contributed by atoms with E-state index in [0.29, 0.717) is 11.2 Å². The van der Waals surface area contributed by atoms with Crippen LogP contribution < -0.4 is 5.32 Å². The maximum absolute atomic E-state index is 12.1. The van der Waals surface area contributed by atoms with Crippen molar-refractivity contribution in [3.8, 4) is 0 Å². The van der Waals surface area contributed by atoms with Crippen LogP contribution in [0.25, 0.3) is 10.9 Å². The molecule has 0 saturated carbocycles. The van der Waals surface area contributed by atoms with Crippen LogP contribution in [0.3, 0.4) is 0 Å². The van der Waals surface area contributed by atoms with E-state index in [1.54, 1.807) is 18.3 Å². The Morgan fingerprint density at radius 1 is 1.28 bits per heavy atom. The molecule has 1 aromatic heterocycles. The summed E-state index contributed by atoms with van der Waals surface area (Å²) in [5, 5.41) is 3.64. The summed E-state index contributed by atoms with van der Waals surface area (Å²) in [5.74, 6) is 0. The van der Waals surface area contributed by atoms with Crippen molar-refractivity contribution >= 4 is 32.5 Å².